The van der Waals surface area contributed by atoms with Crippen LogP contribution in [0.5, 0.6) is 11.6 Å². The zero-order chi connectivity index (χ0) is 12.4. The molecule has 5 nitrogen and oxygen atoms in total. The predicted octanol–water partition coefficient (Wildman–Crippen LogP) is 2.45. The van der Waals surface area contributed by atoms with Gasteiger partial charge in [0.15, 0.2) is 5.75 Å². The van der Waals surface area contributed by atoms with Gasteiger partial charge in [-0.1, -0.05) is 23.2 Å². The van der Waals surface area contributed by atoms with Gasteiger partial charge in [0, 0.05) is 18.5 Å². The molecule has 0 fully saturated rings. The van der Waals surface area contributed by atoms with Crippen LogP contribution in [-0.2, 0) is 0 Å². The third-order valence-corrected chi connectivity index (χ3v) is 2.66. The quantitative estimate of drug-likeness (QED) is 0.823. The van der Waals surface area contributed by atoms with Gasteiger partial charge in [0.2, 0.25) is 0 Å². The topological polar surface area (TPSA) is 81.0 Å². The van der Waals surface area contributed by atoms with Crippen molar-refractivity contribution in [2.45, 2.75) is 0 Å². The highest BCUT2D eigenvalue weighted by Gasteiger charge is 2.09. The summed E-state index contributed by atoms with van der Waals surface area (Å²) in [6, 6.07) is 2.86. The number of rotatable bonds is 2. The Hall–Kier alpha value is -1.72. The summed E-state index contributed by atoms with van der Waals surface area (Å²) in [5.74, 6) is 0.112. The summed E-state index contributed by atoms with van der Waals surface area (Å²) in [4.78, 5) is 17.5. The molecule has 0 radical (unpaired) electrons. The van der Waals surface area contributed by atoms with Gasteiger partial charge < -0.3 is 15.5 Å². The molecule has 0 aliphatic carbocycles. The molecule has 1 heterocycles. The Kier molecular flexibility index (Phi) is 3.21. The Balaban J connectivity index is 2.40. The highest BCUT2D eigenvalue weighted by molar-refractivity contribution is 6.42. The molecule has 0 saturated carbocycles. The second kappa shape index (κ2) is 4.65. The van der Waals surface area contributed by atoms with Crippen LogP contribution in [0.25, 0.3) is 0 Å². The largest absolute Gasteiger partial charge is 0.432 e. The number of nitrogens with one attached hydrogen (secondary N) is 1. The molecule has 0 unspecified atom stereocenters. The van der Waals surface area contributed by atoms with Crippen molar-refractivity contribution in [3.05, 3.63) is 44.9 Å². The van der Waals surface area contributed by atoms with E-state index < -0.39 is 5.56 Å². The van der Waals surface area contributed by atoms with Crippen LogP contribution in [0, 0.1) is 0 Å². The molecule has 2 aromatic rings. The maximum Gasteiger partial charge on any atom is 0.311 e. The summed E-state index contributed by atoms with van der Waals surface area (Å²) in [5, 5.41) is 0.592. The molecule has 0 spiro atoms. The number of nitrogen functional groups attached to an aromatic ring is 1. The fourth-order valence-corrected chi connectivity index (χ4v) is 1.47. The van der Waals surface area contributed by atoms with E-state index >= 15 is 0 Å². The first-order valence-electron chi connectivity index (χ1n) is 4.54. The Morgan fingerprint density at radius 3 is 2.71 bits per heavy atom. The van der Waals surface area contributed by atoms with Gasteiger partial charge in [0.05, 0.1) is 15.7 Å². The van der Waals surface area contributed by atoms with Crippen molar-refractivity contribution in [1.82, 2.24) is 9.97 Å². The van der Waals surface area contributed by atoms with E-state index in [2.05, 4.69) is 9.97 Å². The normalized spacial score (nSPS) is 10.2. The Bertz CT molecular complexity index is 613. The zero-order valence-corrected chi connectivity index (χ0v) is 9.92. The summed E-state index contributed by atoms with van der Waals surface area (Å²) in [6.07, 6.45) is 2.79. The summed E-state index contributed by atoms with van der Waals surface area (Å²) in [6.45, 7) is 0. The first-order valence-corrected chi connectivity index (χ1v) is 5.29. The van der Waals surface area contributed by atoms with Crippen LogP contribution in [0.2, 0.25) is 10.0 Å². The lowest BCUT2D eigenvalue weighted by molar-refractivity contribution is 0.456. The lowest BCUT2D eigenvalue weighted by Crippen LogP contribution is -2.09. The standard InChI is InChI=1S/C10H7Cl2N3O2/c11-5-3-7(13)8(4-6(5)12)17-10-9(16)14-1-2-15-10/h1-4H,13H2,(H,14,16). The second-order valence-electron chi connectivity index (χ2n) is 3.13. The highest BCUT2D eigenvalue weighted by Crippen LogP contribution is 2.33. The molecule has 1 aromatic heterocycles. The number of hydrogen-bond acceptors (Lipinski definition) is 4. The molecule has 0 saturated heterocycles. The van der Waals surface area contributed by atoms with E-state index in [1.54, 1.807) is 0 Å². The average molecular weight is 272 g/mol. The third kappa shape index (κ3) is 2.51. The van der Waals surface area contributed by atoms with Crippen molar-refractivity contribution < 1.29 is 4.74 Å². The minimum absolute atomic E-state index is 0.113. The summed E-state index contributed by atoms with van der Waals surface area (Å²) >= 11 is 11.6. The minimum atomic E-state index is -0.460. The van der Waals surface area contributed by atoms with Crippen LogP contribution >= 0.6 is 23.2 Å². The first kappa shape index (κ1) is 11.8. The van der Waals surface area contributed by atoms with Gasteiger partial charge in [0.25, 0.3) is 5.88 Å². The van der Waals surface area contributed by atoms with Crippen LogP contribution in [0.15, 0.2) is 29.3 Å². The summed E-state index contributed by atoms with van der Waals surface area (Å²) < 4.78 is 5.25. The highest BCUT2D eigenvalue weighted by atomic mass is 35.5. The van der Waals surface area contributed by atoms with Crippen LogP contribution < -0.4 is 16.0 Å². The van der Waals surface area contributed by atoms with E-state index in [4.69, 9.17) is 33.7 Å². The van der Waals surface area contributed by atoms with Gasteiger partial charge in [-0.2, -0.15) is 0 Å². The number of hydrogen-bond donors (Lipinski definition) is 2. The van der Waals surface area contributed by atoms with Gasteiger partial charge in [-0.25, -0.2) is 4.98 Å². The SMILES string of the molecule is Nc1cc(Cl)c(Cl)cc1Oc1ncc[nH]c1=O. The molecule has 88 valence electrons. The van der Waals surface area contributed by atoms with Crippen LogP contribution in [0.4, 0.5) is 5.69 Å². The molecule has 0 aliphatic rings. The molecule has 0 aliphatic heterocycles. The Labute approximate surface area is 106 Å². The predicted molar refractivity (Wildman–Crippen MR) is 65.8 cm³/mol. The number of aromatic amines is 1. The number of aromatic nitrogens is 2. The zero-order valence-electron chi connectivity index (χ0n) is 8.41. The second-order valence-corrected chi connectivity index (χ2v) is 3.94. The average Bonchev–Trinajstić information content (AvgIpc) is 2.29. The van der Waals surface area contributed by atoms with Crippen LogP contribution in [0.1, 0.15) is 0 Å². The lowest BCUT2D eigenvalue weighted by Gasteiger charge is -2.07. The van der Waals surface area contributed by atoms with Gasteiger partial charge in [0.1, 0.15) is 0 Å². The molecule has 3 N–H and O–H groups in total. The van der Waals surface area contributed by atoms with E-state index in [9.17, 15) is 4.79 Å². The number of nitrogens with zero attached hydrogens (tertiary/aromatic N) is 1. The monoisotopic (exact) mass is 271 g/mol. The van der Waals surface area contributed by atoms with E-state index in [0.29, 0.717) is 5.02 Å². The molecule has 17 heavy (non-hydrogen) atoms. The van der Waals surface area contributed by atoms with Crippen molar-refractivity contribution >= 4 is 28.9 Å². The molecular formula is C10H7Cl2N3O2. The maximum absolute atomic E-state index is 11.3. The Morgan fingerprint density at radius 1 is 1.29 bits per heavy atom. The van der Waals surface area contributed by atoms with Crippen molar-refractivity contribution in [3.63, 3.8) is 0 Å². The number of ether oxygens (including phenoxy) is 1. The van der Waals surface area contributed by atoms with Gasteiger partial charge >= 0.3 is 5.56 Å². The molecule has 0 bridgehead atoms. The molecule has 0 atom stereocenters. The third-order valence-electron chi connectivity index (χ3n) is 1.93. The molecule has 0 amide bonds. The van der Waals surface area contributed by atoms with E-state index in [1.807, 2.05) is 0 Å². The lowest BCUT2D eigenvalue weighted by atomic mass is 10.3. The number of H-pyrrole nitrogens is 1. The molecular weight excluding hydrogens is 265 g/mol. The first-order chi connectivity index (χ1) is 8.08. The van der Waals surface area contributed by atoms with E-state index in [-0.39, 0.29) is 22.3 Å². The fourth-order valence-electron chi connectivity index (χ4n) is 1.15. The molecule has 2 rings (SSSR count). The van der Waals surface area contributed by atoms with Crippen molar-refractivity contribution in [2.75, 3.05) is 5.73 Å². The molecule has 1 aromatic carbocycles. The van der Waals surface area contributed by atoms with Crippen molar-refractivity contribution in [3.8, 4) is 11.6 Å². The van der Waals surface area contributed by atoms with Gasteiger partial charge in [-0.15, -0.1) is 0 Å². The van der Waals surface area contributed by atoms with Crippen LogP contribution in [0.3, 0.4) is 0 Å². The van der Waals surface area contributed by atoms with Crippen LogP contribution in [-0.4, -0.2) is 9.97 Å². The van der Waals surface area contributed by atoms with Crippen molar-refractivity contribution in [1.29, 1.82) is 0 Å². The number of nitrogens with two attached hydrogens (primary N) is 1. The summed E-state index contributed by atoms with van der Waals surface area (Å²) in [5.41, 5.74) is 5.49. The Morgan fingerprint density at radius 2 is 2.00 bits per heavy atom. The minimum Gasteiger partial charge on any atom is -0.432 e. The fraction of sp³-hybridized carbons (Fsp3) is 0. The summed E-state index contributed by atoms with van der Waals surface area (Å²) in [7, 11) is 0. The number of benzene rings is 1. The van der Waals surface area contributed by atoms with Crippen molar-refractivity contribution in [2.24, 2.45) is 0 Å². The maximum atomic E-state index is 11.3. The van der Waals surface area contributed by atoms with Gasteiger partial charge in [-0.3, -0.25) is 4.79 Å². The smallest absolute Gasteiger partial charge is 0.311 e. The number of halogens is 2. The van der Waals surface area contributed by atoms with Gasteiger partial charge in [-0.05, 0) is 6.07 Å². The molecule has 7 heteroatoms. The van der Waals surface area contributed by atoms with E-state index in [1.165, 1.54) is 24.5 Å². The number of anilines is 1. The van der Waals surface area contributed by atoms with E-state index in [0.717, 1.165) is 0 Å².